The summed E-state index contributed by atoms with van der Waals surface area (Å²) < 4.78 is 40.2. The fourth-order valence-corrected chi connectivity index (χ4v) is 2.92. The molecule has 0 bridgehead atoms. The van der Waals surface area contributed by atoms with Crippen molar-refractivity contribution in [3.63, 3.8) is 0 Å². The average Bonchev–Trinajstić information content (AvgIpc) is 3.26. The number of nitrogens with two attached hydrogens (primary N) is 1. The van der Waals surface area contributed by atoms with Crippen LogP contribution < -0.4 is 5.73 Å². The third-order valence-electron chi connectivity index (χ3n) is 4.22. The first-order valence-corrected chi connectivity index (χ1v) is 8.73. The Bertz CT molecular complexity index is 1030. The van der Waals surface area contributed by atoms with Crippen molar-refractivity contribution in [3.8, 4) is 11.4 Å². The van der Waals surface area contributed by atoms with Gasteiger partial charge in [-0.1, -0.05) is 0 Å². The molecule has 2 heterocycles. The number of aromatic nitrogens is 3. The maximum absolute atomic E-state index is 13.0. The summed E-state index contributed by atoms with van der Waals surface area (Å²) >= 11 is 0. The van der Waals surface area contributed by atoms with Crippen molar-refractivity contribution in [3.05, 3.63) is 41.7 Å². The van der Waals surface area contributed by atoms with Crippen molar-refractivity contribution in [2.45, 2.75) is 19.5 Å². The summed E-state index contributed by atoms with van der Waals surface area (Å²) in [4.78, 5) is 39.2. The molecule has 1 aliphatic rings. The van der Waals surface area contributed by atoms with E-state index in [0.29, 0.717) is 5.56 Å². The highest BCUT2D eigenvalue weighted by molar-refractivity contribution is 5.94. The van der Waals surface area contributed by atoms with E-state index >= 15 is 0 Å². The van der Waals surface area contributed by atoms with Crippen LogP contribution in [0.2, 0.25) is 0 Å². The molecule has 2 N–H and O–H groups in total. The summed E-state index contributed by atoms with van der Waals surface area (Å²) in [5, 5.41) is 6.10. The molecule has 3 rings (SSSR count). The normalized spacial score (nSPS) is 14.7. The molecule has 9 nitrogen and oxygen atoms in total. The fourth-order valence-electron chi connectivity index (χ4n) is 2.92. The number of rotatable bonds is 5. The number of carbonyl (C=O) groups is 3. The maximum Gasteiger partial charge on any atom is 0.416 e. The van der Waals surface area contributed by atoms with Gasteiger partial charge in [0.15, 0.2) is 5.82 Å². The topological polar surface area (TPSA) is 114 Å². The van der Waals surface area contributed by atoms with E-state index in [9.17, 15) is 27.6 Å². The summed E-state index contributed by atoms with van der Waals surface area (Å²) in [5.41, 5.74) is 4.85. The first kappa shape index (κ1) is 21.0. The van der Waals surface area contributed by atoms with Gasteiger partial charge in [-0.25, -0.2) is 19.7 Å². The first-order chi connectivity index (χ1) is 14.0. The van der Waals surface area contributed by atoms with Crippen LogP contribution in [0.25, 0.3) is 17.6 Å². The molecule has 1 fully saturated rings. The predicted octanol–water partition coefficient (Wildman–Crippen LogP) is 1.20. The minimum Gasteiger partial charge on any atom is -0.368 e. The molecule has 1 aromatic carbocycles. The number of benzene rings is 1. The van der Waals surface area contributed by atoms with Gasteiger partial charge in [0.2, 0.25) is 11.8 Å². The summed E-state index contributed by atoms with van der Waals surface area (Å²) in [6.45, 7) is 1.21. The van der Waals surface area contributed by atoms with Crippen molar-refractivity contribution >= 4 is 23.9 Å². The van der Waals surface area contributed by atoms with Crippen LogP contribution in [-0.4, -0.2) is 55.6 Å². The van der Waals surface area contributed by atoms with Gasteiger partial charge in [-0.2, -0.15) is 13.2 Å². The number of hydrazine groups is 1. The Morgan fingerprint density at radius 1 is 1.27 bits per heavy atom. The third kappa shape index (κ3) is 4.64. The molecule has 0 unspecified atom stereocenters. The van der Waals surface area contributed by atoms with Crippen LogP contribution in [0.3, 0.4) is 0 Å². The number of primary amides is 1. The summed E-state index contributed by atoms with van der Waals surface area (Å²) in [7, 11) is 0. The Balaban J connectivity index is 1.76. The molecule has 30 heavy (non-hydrogen) atoms. The van der Waals surface area contributed by atoms with Gasteiger partial charge in [0, 0.05) is 24.3 Å². The SMILES string of the molecule is Cc1cc(-c2ncn(/C=C\C(=O)N3CCC(=O)N3CC(N)=O)n2)cc(C(F)(F)F)c1. The molecule has 12 heteroatoms. The Morgan fingerprint density at radius 2 is 2.00 bits per heavy atom. The molecule has 158 valence electrons. The van der Waals surface area contributed by atoms with Crippen molar-refractivity contribution in [2.24, 2.45) is 5.73 Å². The largest absolute Gasteiger partial charge is 0.416 e. The van der Waals surface area contributed by atoms with E-state index < -0.39 is 36.0 Å². The Kier molecular flexibility index (Phi) is 5.58. The van der Waals surface area contributed by atoms with Crippen molar-refractivity contribution in [1.82, 2.24) is 24.8 Å². The second-order valence-corrected chi connectivity index (χ2v) is 6.58. The van der Waals surface area contributed by atoms with E-state index in [1.54, 1.807) is 0 Å². The number of halogens is 3. The standard InChI is InChI=1S/C18H17F3N6O3/c1-11-6-12(8-13(7-11)18(19,20)21)17-23-10-25(24-17)4-2-15(29)26-5-3-16(30)27(26)9-14(22)28/h2,4,6-8,10H,3,5,9H2,1H3,(H2,22,28)/b4-2-. The highest BCUT2D eigenvalue weighted by Crippen LogP contribution is 2.32. The zero-order valence-corrected chi connectivity index (χ0v) is 15.8. The highest BCUT2D eigenvalue weighted by Gasteiger charge is 2.33. The quantitative estimate of drug-likeness (QED) is 0.728. The number of amides is 3. The number of hydrogen-bond acceptors (Lipinski definition) is 5. The summed E-state index contributed by atoms with van der Waals surface area (Å²) in [6, 6.07) is 3.48. The lowest BCUT2D eigenvalue weighted by Gasteiger charge is -2.25. The van der Waals surface area contributed by atoms with Gasteiger partial charge < -0.3 is 5.73 Å². The summed E-state index contributed by atoms with van der Waals surface area (Å²) in [6.07, 6.45) is -0.868. The third-order valence-corrected chi connectivity index (χ3v) is 4.22. The second-order valence-electron chi connectivity index (χ2n) is 6.58. The van der Waals surface area contributed by atoms with Crippen LogP contribution in [0.15, 0.2) is 30.6 Å². The molecular weight excluding hydrogens is 405 g/mol. The molecule has 2 aromatic rings. The predicted molar refractivity (Wildman–Crippen MR) is 97.8 cm³/mol. The van der Waals surface area contributed by atoms with Crippen LogP contribution >= 0.6 is 0 Å². The molecule has 1 saturated heterocycles. The number of aryl methyl sites for hydroxylation is 1. The van der Waals surface area contributed by atoms with E-state index in [1.807, 2.05) is 0 Å². The van der Waals surface area contributed by atoms with E-state index in [-0.39, 0.29) is 24.4 Å². The lowest BCUT2D eigenvalue weighted by Crippen LogP contribution is -2.46. The zero-order valence-electron chi connectivity index (χ0n) is 15.8. The molecule has 1 aliphatic heterocycles. The van der Waals surface area contributed by atoms with Gasteiger partial charge in [0.25, 0.3) is 5.91 Å². The minimum atomic E-state index is -4.50. The second kappa shape index (κ2) is 7.97. The molecular formula is C18H17F3N6O3. The summed E-state index contributed by atoms with van der Waals surface area (Å²) in [5.74, 6) is -1.70. The molecule has 0 radical (unpaired) electrons. The van der Waals surface area contributed by atoms with Gasteiger partial charge in [-0.05, 0) is 30.7 Å². The van der Waals surface area contributed by atoms with Crippen LogP contribution in [-0.2, 0) is 20.6 Å². The van der Waals surface area contributed by atoms with Gasteiger partial charge in [0.05, 0.1) is 12.1 Å². The zero-order chi connectivity index (χ0) is 22.1. The molecule has 0 atom stereocenters. The monoisotopic (exact) mass is 422 g/mol. The molecule has 1 aromatic heterocycles. The lowest BCUT2D eigenvalue weighted by molar-refractivity contribution is -0.152. The van der Waals surface area contributed by atoms with E-state index in [1.165, 1.54) is 25.5 Å². The van der Waals surface area contributed by atoms with Crippen LogP contribution in [0.4, 0.5) is 13.2 Å². The first-order valence-electron chi connectivity index (χ1n) is 8.73. The number of carbonyl (C=O) groups excluding carboxylic acids is 3. The Labute approximate surface area is 168 Å². The lowest BCUT2D eigenvalue weighted by atomic mass is 10.1. The van der Waals surface area contributed by atoms with Crippen LogP contribution in [0, 0.1) is 6.92 Å². The molecule has 0 spiro atoms. The van der Waals surface area contributed by atoms with Gasteiger partial charge >= 0.3 is 6.18 Å². The van der Waals surface area contributed by atoms with Gasteiger partial charge in [-0.3, -0.25) is 14.4 Å². The van der Waals surface area contributed by atoms with E-state index in [4.69, 9.17) is 5.73 Å². The maximum atomic E-state index is 13.0. The molecule has 0 saturated carbocycles. The molecule has 0 aliphatic carbocycles. The van der Waals surface area contributed by atoms with Crippen molar-refractivity contribution < 1.29 is 27.6 Å². The van der Waals surface area contributed by atoms with Crippen molar-refractivity contribution in [1.29, 1.82) is 0 Å². The number of hydrogen-bond donors (Lipinski definition) is 1. The fraction of sp³-hybridized carbons (Fsp3) is 0.278. The molecule has 3 amide bonds. The minimum absolute atomic E-state index is 0.0491. The Hall–Kier alpha value is -3.70. The van der Waals surface area contributed by atoms with E-state index in [0.717, 1.165) is 32.9 Å². The highest BCUT2D eigenvalue weighted by atomic mass is 19.4. The Morgan fingerprint density at radius 3 is 2.67 bits per heavy atom. The van der Waals surface area contributed by atoms with Gasteiger partial charge in [0.1, 0.15) is 12.9 Å². The number of nitrogens with zero attached hydrogens (tertiary/aromatic N) is 5. The van der Waals surface area contributed by atoms with Crippen LogP contribution in [0.1, 0.15) is 17.5 Å². The average molecular weight is 422 g/mol. The van der Waals surface area contributed by atoms with E-state index in [2.05, 4.69) is 10.1 Å². The smallest absolute Gasteiger partial charge is 0.368 e. The number of alkyl halides is 3. The van der Waals surface area contributed by atoms with Gasteiger partial charge in [-0.15, -0.1) is 5.10 Å². The van der Waals surface area contributed by atoms with Crippen LogP contribution in [0.5, 0.6) is 0 Å². The van der Waals surface area contributed by atoms with Crippen molar-refractivity contribution in [2.75, 3.05) is 13.1 Å².